The van der Waals surface area contributed by atoms with Crippen molar-refractivity contribution in [1.29, 1.82) is 0 Å². The second kappa shape index (κ2) is 7.19. The third-order valence-electron chi connectivity index (χ3n) is 4.83. The number of nitrogens with zero attached hydrogens (tertiary/aromatic N) is 2. The molecule has 3 unspecified atom stereocenters. The number of aromatic nitrogens is 1. The van der Waals surface area contributed by atoms with Crippen molar-refractivity contribution in [2.45, 2.75) is 51.7 Å². The maximum Gasteiger partial charge on any atom is 0.0695 e. The van der Waals surface area contributed by atoms with Crippen LogP contribution in [0.2, 0.25) is 0 Å². The first-order valence-electron chi connectivity index (χ1n) is 7.85. The van der Waals surface area contributed by atoms with Crippen molar-refractivity contribution in [2.75, 3.05) is 13.6 Å². The van der Waals surface area contributed by atoms with Crippen molar-refractivity contribution >= 4 is 0 Å². The fourth-order valence-electron chi connectivity index (χ4n) is 3.26. The van der Waals surface area contributed by atoms with Gasteiger partial charge in [-0.3, -0.25) is 4.98 Å². The van der Waals surface area contributed by atoms with Crippen LogP contribution in [0.3, 0.4) is 0 Å². The average Bonchev–Trinajstić information content (AvgIpc) is 2.46. The van der Waals surface area contributed by atoms with Gasteiger partial charge in [0.2, 0.25) is 0 Å². The van der Waals surface area contributed by atoms with Crippen LogP contribution in [0, 0.1) is 11.8 Å². The Bertz CT molecular complexity index is 393. The lowest BCUT2D eigenvalue weighted by atomic mass is 9.77. The number of pyridine rings is 1. The molecule has 1 aromatic rings. The van der Waals surface area contributed by atoms with E-state index in [1.807, 2.05) is 12.4 Å². The summed E-state index contributed by atoms with van der Waals surface area (Å²) < 4.78 is 0. The van der Waals surface area contributed by atoms with Crippen molar-refractivity contribution in [1.82, 2.24) is 9.88 Å². The molecule has 0 spiro atoms. The molecule has 1 fully saturated rings. The van der Waals surface area contributed by atoms with Crippen LogP contribution in [0.5, 0.6) is 0 Å². The largest absolute Gasteiger partial charge is 0.391 e. The third kappa shape index (κ3) is 4.03. The summed E-state index contributed by atoms with van der Waals surface area (Å²) in [4.78, 5) is 6.40. The molecule has 0 radical (unpaired) electrons. The quantitative estimate of drug-likeness (QED) is 0.898. The molecule has 0 saturated heterocycles. The first-order chi connectivity index (χ1) is 9.58. The highest BCUT2D eigenvalue weighted by molar-refractivity contribution is 5.10. The fraction of sp³-hybridized carbons (Fsp3) is 0.706. The highest BCUT2D eigenvalue weighted by atomic mass is 16.3. The summed E-state index contributed by atoms with van der Waals surface area (Å²) in [6, 6.07) is 4.46. The lowest BCUT2D eigenvalue weighted by Crippen LogP contribution is -2.46. The van der Waals surface area contributed by atoms with Crippen molar-refractivity contribution < 1.29 is 5.11 Å². The molecule has 1 aliphatic carbocycles. The summed E-state index contributed by atoms with van der Waals surface area (Å²) in [7, 11) is 2.15. The van der Waals surface area contributed by atoms with Gasteiger partial charge in [-0.15, -0.1) is 0 Å². The summed E-state index contributed by atoms with van der Waals surface area (Å²) in [6.07, 6.45) is 7.81. The van der Waals surface area contributed by atoms with Gasteiger partial charge in [0.15, 0.2) is 0 Å². The number of likely N-dealkylation sites (N-methyl/N-ethyl adjacent to an activating group) is 1. The minimum Gasteiger partial charge on any atom is -0.391 e. The monoisotopic (exact) mass is 276 g/mol. The maximum absolute atomic E-state index is 10.3. The van der Waals surface area contributed by atoms with Crippen LogP contribution in [0.1, 0.15) is 38.7 Å². The molecule has 1 heterocycles. The summed E-state index contributed by atoms with van der Waals surface area (Å²) in [5, 5.41) is 10.3. The molecule has 0 bridgehead atoms. The van der Waals surface area contributed by atoms with Crippen molar-refractivity contribution in [2.24, 2.45) is 11.8 Å². The molecular formula is C17H28N2O. The SMILES string of the molecule is CC(C)C1CCC(O)C(N(C)CCc2ccncc2)C1. The molecule has 0 aliphatic heterocycles. The van der Waals surface area contributed by atoms with Gasteiger partial charge in [-0.05, 0) is 62.3 Å². The topological polar surface area (TPSA) is 36.4 Å². The van der Waals surface area contributed by atoms with E-state index in [1.165, 1.54) is 12.0 Å². The van der Waals surface area contributed by atoms with E-state index in [2.05, 4.69) is 42.9 Å². The Morgan fingerprint density at radius 3 is 2.65 bits per heavy atom. The second-order valence-corrected chi connectivity index (χ2v) is 6.54. The Labute approximate surface area is 123 Å². The number of hydrogen-bond donors (Lipinski definition) is 1. The Balaban J connectivity index is 1.88. The van der Waals surface area contributed by atoms with Crippen LogP contribution in [-0.2, 0) is 6.42 Å². The summed E-state index contributed by atoms with van der Waals surface area (Å²) in [5.74, 6) is 1.48. The van der Waals surface area contributed by atoms with E-state index in [0.717, 1.165) is 37.6 Å². The number of hydrogen-bond acceptors (Lipinski definition) is 3. The van der Waals surface area contributed by atoms with E-state index in [4.69, 9.17) is 0 Å². The molecule has 1 aliphatic rings. The molecule has 20 heavy (non-hydrogen) atoms. The van der Waals surface area contributed by atoms with Crippen LogP contribution in [0.25, 0.3) is 0 Å². The predicted octanol–water partition coefficient (Wildman–Crippen LogP) is 2.74. The second-order valence-electron chi connectivity index (χ2n) is 6.54. The van der Waals surface area contributed by atoms with E-state index in [1.54, 1.807) is 0 Å². The zero-order chi connectivity index (χ0) is 14.5. The molecule has 2 rings (SSSR count). The predicted molar refractivity (Wildman–Crippen MR) is 82.5 cm³/mol. The van der Waals surface area contributed by atoms with E-state index in [0.29, 0.717) is 6.04 Å². The normalized spacial score (nSPS) is 27.2. The van der Waals surface area contributed by atoms with Gasteiger partial charge in [-0.2, -0.15) is 0 Å². The molecule has 1 N–H and O–H groups in total. The van der Waals surface area contributed by atoms with Gasteiger partial charge in [0.05, 0.1) is 6.10 Å². The lowest BCUT2D eigenvalue weighted by Gasteiger charge is -2.40. The molecular weight excluding hydrogens is 248 g/mol. The molecule has 0 aromatic carbocycles. The van der Waals surface area contributed by atoms with Gasteiger partial charge >= 0.3 is 0 Å². The summed E-state index contributed by atoms with van der Waals surface area (Å²) >= 11 is 0. The van der Waals surface area contributed by atoms with Crippen molar-refractivity contribution in [3.63, 3.8) is 0 Å². The minimum atomic E-state index is -0.160. The van der Waals surface area contributed by atoms with Crippen LogP contribution in [0.4, 0.5) is 0 Å². The minimum absolute atomic E-state index is 0.160. The van der Waals surface area contributed by atoms with E-state index in [9.17, 15) is 5.11 Å². The van der Waals surface area contributed by atoms with Gasteiger partial charge < -0.3 is 10.0 Å². The summed E-state index contributed by atoms with van der Waals surface area (Å²) in [6.45, 7) is 5.60. The highest BCUT2D eigenvalue weighted by Gasteiger charge is 2.32. The Morgan fingerprint density at radius 2 is 2.00 bits per heavy atom. The van der Waals surface area contributed by atoms with Crippen LogP contribution < -0.4 is 0 Å². The fourth-order valence-corrected chi connectivity index (χ4v) is 3.26. The van der Waals surface area contributed by atoms with Gasteiger partial charge in [-0.25, -0.2) is 0 Å². The Morgan fingerprint density at radius 1 is 1.30 bits per heavy atom. The van der Waals surface area contributed by atoms with Gasteiger partial charge in [-0.1, -0.05) is 13.8 Å². The number of aliphatic hydroxyl groups excluding tert-OH is 1. The van der Waals surface area contributed by atoms with Crippen molar-refractivity contribution in [3.8, 4) is 0 Å². The molecule has 3 heteroatoms. The van der Waals surface area contributed by atoms with Crippen LogP contribution >= 0.6 is 0 Å². The van der Waals surface area contributed by atoms with Crippen LogP contribution in [-0.4, -0.2) is 40.7 Å². The number of aliphatic hydroxyl groups is 1. The molecule has 1 saturated carbocycles. The van der Waals surface area contributed by atoms with E-state index >= 15 is 0 Å². The van der Waals surface area contributed by atoms with Crippen molar-refractivity contribution in [3.05, 3.63) is 30.1 Å². The highest BCUT2D eigenvalue weighted by Crippen LogP contribution is 2.32. The molecule has 3 atom stereocenters. The first kappa shape index (κ1) is 15.5. The zero-order valence-electron chi connectivity index (χ0n) is 13.0. The lowest BCUT2D eigenvalue weighted by molar-refractivity contribution is 0.00663. The standard InChI is InChI=1S/C17H28N2O/c1-13(2)15-4-5-17(20)16(12-15)19(3)11-8-14-6-9-18-10-7-14/h6-7,9-10,13,15-17,20H,4-5,8,11-12H2,1-3H3. The zero-order valence-corrected chi connectivity index (χ0v) is 13.0. The van der Waals surface area contributed by atoms with Gasteiger partial charge in [0.25, 0.3) is 0 Å². The van der Waals surface area contributed by atoms with E-state index in [-0.39, 0.29) is 6.10 Å². The van der Waals surface area contributed by atoms with Gasteiger partial charge in [0.1, 0.15) is 0 Å². The van der Waals surface area contributed by atoms with Crippen LogP contribution in [0.15, 0.2) is 24.5 Å². The first-order valence-corrected chi connectivity index (χ1v) is 7.85. The Kier molecular flexibility index (Phi) is 5.55. The van der Waals surface area contributed by atoms with E-state index < -0.39 is 0 Å². The molecule has 3 nitrogen and oxygen atoms in total. The van der Waals surface area contributed by atoms with Gasteiger partial charge in [0, 0.05) is 25.0 Å². The molecule has 1 aromatic heterocycles. The molecule has 0 amide bonds. The average molecular weight is 276 g/mol. The smallest absolute Gasteiger partial charge is 0.0695 e. The third-order valence-corrected chi connectivity index (χ3v) is 4.83. The Hall–Kier alpha value is -0.930. The number of rotatable bonds is 5. The molecule has 112 valence electrons. The maximum atomic E-state index is 10.3. The summed E-state index contributed by atoms with van der Waals surface area (Å²) in [5.41, 5.74) is 1.32.